The molecule has 3 heteroatoms. The summed E-state index contributed by atoms with van der Waals surface area (Å²) in [5.41, 5.74) is -0.0986. The molecule has 0 saturated heterocycles. The largest absolute Gasteiger partial charge is 0.458 e. The molecule has 4 atom stereocenters. The van der Waals surface area contributed by atoms with Crippen LogP contribution in [0.15, 0.2) is 0 Å². The summed E-state index contributed by atoms with van der Waals surface area (Å²) in [4.78, 5) is 11.9. The van der Waals surface area contributed by atoms with Crippen LogP contribution in [0.4, 0.5) is 0 Å². The smallest absolute Gasteiger partial charge is 0.319 e. The number of ether oxygens (including phenoxy) is 1. The number of fused-ring (bicyclic) bond motifs is 2. The van der Waals surface area contributed by atoms with Crippen LogP contribution in [0.1, 0.15) is 52.4 Å². The standard InChI is InChI=1S/C13H21IO2/c1-3-11(14)12(15)16-13(4-2)8-9-5-6-10(13)7-9/h9-11H,3-8H2,1-2H3/t9?,10-,11?,13?/m1/s1. The molecular formula is C13H21IO2. The van der Waals surface area contributed by atoms with Crippen molar-refractivity contribution in [1.82, 2.24) is 0 Å². The highest BCUT2D eigenvalue weighted by Crippen LogP contribution is 2.54. The average Bonchev–Trinajstić information content (AvgIpc) is 2.88. The molecule has 0 aromatic carbocycles. The van der Waals surface area contributed by atoms with E-state index in [1.807, 2.05) is 6.92 Å². The first-order valence-electron chi connectivity index (χ1n) is 6.48. The van der Waals surface area contributed by atoms with Gasteiger partial charge in [0.15, 0.2) is 0 Å². The molecule has 0 radical (unpaired) electrons. The first kappa shape index (κ1) is 12.7. The first-order chi connectivity index (χ1) is 7.61. The van der Waals surface area contributed by atoms with Gasteiger partial charge in [-0.05, 0) is 50.4 Å². The van der Waals surface area contributed by atoms with Gasteiger partial charge in [-0.2, -0.15) is 0 Å². The molecular weight excluding hydrogens is 315 g/mol. The molecule has 2 nitrogen and oxygen atoms in total. The Hall–Kier alpha value is 0.200. The Labute approximate surface area is 112 Å². The van der Waals surface area contributed by atoms with Gasteiger partial charge in [-0.15, -0.1) is 0 Å². The van der Waals surface area contributed by atoms with Crippen molar-refractivity contribution in [2.24, 2.45) is 11.8 Å². The summed E-state index contributed by atoms with van der Waals surface area (Å²) in [5, 5.41) is 0. The molecule has 16 heavy (non-hydrogen) atoms. The minimum atomic E-state index is -0.0986. The van der Waals surface area contributed by atoms with E-state index >= 15 is 0 Å². The van der Waals surface area contributed by atoms with Crippen molar-refractivity contribution < 1.29 is 9.53 Å². The second-order valence-electron chi connectivity index (χ2n) is 5.30. The Morgan fingerprint density at radius 2 is 2.25 bits per heavy atom. The second-order valence-corrected chi connectivity index (χ2v) is 6.80. The Morgan fingerprint density at radius 1 is 1.50 bits per heavy atom. The van der Waals surface area contributed by atoms with Gasteiger partial charge in [0.2, 0.25) is 0 Å². The number of esters is 1. The molecule has 92 valence electrons. The maximum Gasteiger partial charge on any atom is 0.319 e. The van der Waals surface area contributed by atoms with Crippen molar-refractivity contribution in [2.45, 2.75) is 61.9 Å². The molecule has 0 N–H and O–H groups in total. The van der Waals surface area contributed by atoms with Crippen molar-refractivity contribution in [3.63, 3.8) is 0 Å². The summed E-state index contributed by atoms with van der Waals surface area (Å²) in [6.45, 7) is 4.21. The Morgan fingerprint density at radius 3 is 2.69 bits per heavy atom. The lowest BCUT2D eigenvalue weighted by Crippen LogP contribution is -2.41. The van der Waals surface area contributed by atoms with Crippen LogP contribution in [0.5, 0.6) is 0 Å². The molecule has 2 aliphatic rings. The zero-order chi connectivity index (χ0) is 11.8. The Bertz CT molecular complexity index is 279. The number of hydrogen-bond donors (Lipinski definition) is 0. The maximum atomic E-state index is 11.9. The zero-order valence-corrected chi connectivity index (χ0v) is 12.3. The summed E-state index contributed by atoms with van der Waals surface area (Å²) in [7, 11) is 0. The van der Waals surface area contributed by atoms with E-state index in [9.17, 15) is 4.79 Å². The van der Waals surface area contributed by atoms with Gasteiger partial charge in [0, 0.05) is 0 Å². The lowest BCUT2D eigenvalue weighted by molar-refractivity contribution is -0.165. The molecule has 0 aliphatic heterocycles. The number of halogens is 1. The van der Waals surface area contributed by atoms with E-state index in [0.29, 0.717) is 5.92 Å². The molecule has 3 unspecified atom stereocenters. The monoisotopic (exact) mass is 336 g/mol. The van der Waals surface area contributed by atoms with Crippen molar-refractivity contribution in [3.05, 3.63) is 0 Å². The van der Waals surface area contributed by atoms with E-state index < -0.39 is 0 Å². The minimum Gasteiger partial charge on any atom is -0.458 e. The van der Waals surface area contributed by atoms with E-state index in [1.165, 1.54) is 19.3 Å². The van der Waals surface area contributed by atoms with Gasteiger partial charge < -0.3 is 4.74 Å². The topological polar surface area (TPSA) is 26.3 Å². The maximum absolute atomic E-state index is 11.9. The van der Waals surface area contributed by atoms with Gasteiger partial charge in [0.1, 0.15) is 9.53 Å². The summed E-state index contributed by atoms with van der Waals surface area (Å²) in [5.74, 6) is 1.48. The van der Waals surface area contributed by atoms with Crippen molar-refractivity contribution in [1.29, 1.82) is 0 Å². The van der Waals surface area contributed by atoms with Crippen molar-refractivity contribution >= 4 is 28.6 Å². The number of carbonyl (C=O) groups is 1. The van der Waals surface area contributed by atoms with Gasteiger partial charge in [-0.3, -0.25) is 4.79 Å². The molecule has 0 heterocycles. The Balaban J connectivity index is 2.03. The molecule has 0 spiro atoms. The van der Waals surface area contributed by atoms with Gasteiger partial charge in [-0.25, -0.2) is 0 Å². The summed E-state index contributed by atoms with van der Waals surface area (Å²) < 4.78 is 5.92. The average molecular weight is 336 g/mol. The third-order valence-corrected chi connectivity index (χ3v) is 5.83. The predicted molar refractivity (Wildman–Crippen MR) is 72.7 cm³/mol. The van der Waals surface area contributed by atoms with E-state index in [4.69, 9.17) is 4.74 Å². The first-order valence-corrected chi connectivity index (χ1v) is 7.72. The van der Waals surface area contributed by atoms with Crippen LogP contribution in [-0.2, 0) is 9.53 Å². The van der Waals surface area contributed by atoms with Crippen LogP contribution < -0.4 is 0 Å². The van der Waals surface area contributed by atoms with Crippen LogP contribution in [0.3, 0.4) is 0 Å². The second kappa shape index (κ2) is 4.83. The van der Waals surface area contributed by atoms with E-state index in [-0.39, 0.29) is 15.5 Å². The highest BCUT2D eigenvalue weighted by atomic mass is 127. The molecule has 2 saturated carbocycles. The number of alkyl halides is 1. The summed E-state index contributed by atoms with van der Waals surface area (Å²) >= 11 is 2.20. The zero-order valence-electron chi connectivity index (χ0n) is 10.2. The molecule has 2 fully saturated rings. The van der Waals surface area contributed by atoms with Gasteiger partial charge >= 0.3 is 5.97 Å². The quantitative estimate of drug-likeness (QED) is 0.444. The molecule has 2 aliphatic carbocycles. The summed E-state index contributed by atoms with van der Waals surface area (Å²) in [6, 6.07) is 0. The van der Waals surface area contributed by atoms with E-state index in [1.54, 1.807) is 0 Å². The lowest BCUT2D eigenvalue weighted by Gasteiger charge is -2.37. The van der Waals surface area contributed by atoms with Crippen molar-refractivity contribution in [3.8, 4) is 0 Å². The van der Waals surface area contributed by atoms with Crippen LogP contribution in [-0.4, -0.2) is 15.5 Å². The fourth-order valence-electron chi connectivity index (χ4n) is 3.45. The molecule has 2 rings (SSSR count). The highest BCUT2D eigenvalue weighted by molar-refractivity contribution is 14.1. The van der Waals surface area contributed by atoms with Crippen molar-refractivity contribution in [2.75, 3.05) is 0 Å². The lowest BCUT2D eigenvalue weighted by atomic mass is 9.82. The third-order valence-electron chi connectivity index (χ3n) is 4.44. The SMILES string of the molecule is CCC(I)C(=O)OC1(CC)CC2CC[C@@H]1C2. The van der Waals surface area contributed by atoms with Gasteiger partial charge in [0.25, 0.3) is 0 Å². The minimum absolute atomic E-state index is 0.0116. The van der Waals surface area contributed by atoms with Crippen LogP contribution in [0.2, 0.25) is 0 Å². The fourth-order valence-corrected chi connectivity index (χ4v) is 3.58. The van der Waals surface area contributed by atoms with Crippen LogP contribution in [0, 0.1) is 11.8 Å². The number of carbonyl (C=O) groups excluding carboxylic acids is 1. The third kappa shape index (κ3) is 2.12. The molecule has 0 amide bonds. The highest BCUT2D eigenvalue weighted by Gasteiger charge is 2.52. The van der Waals surface area contributed by atoms with E-state index in [2.05, 4.69) is 29.5 Å². The number of rotatable bonds is 4. The van der Waals surface area contributed by atoms with Gasteiger partial charge in [-0.1, -0.05) is 36.4 Å². The molecule has 0 aromatic rings. The normalized spacial score (nSPS) is 38.7. The van der Waals surface area contributed by atoms with Gasteiger partial charge in [0.05, 0.1) is 0 Å². The Kier molecular flexibility index (Phi) is 3.82. The molecule has 2 bridgehead atoms. The number of hydrogen-bond acceptors (Lipinski definition) is 2. The molecule has 0 aromatic heterocycles. The van der Waals surface area contributed by atoms with Crippen LogP contribution in [0.25, 0.3) is 0 Å². The summed E-state index contributed by atoms with van der Waals surface area (Å²) in [6.07, 6.45) is 6.89. The predicted octanol–water partition coefficient (Wildman–Crippen LogP) is 3.71. The fraction of sp³-hybridized carbons (Fsp3) is 0.923. The van der Waals surface area contributed by atoms with Crippen LogP contribution >= 0.6 is 22.6 Å². The van der Waals surface area contributed by atoms with E-state index in [0.717, 1.165) is 25.2 Å².